The predicted octanol–water partition coefficient (Wildman–Crippen LogP) is 3.41. The highest BCUT2D eigenvalue weighted by Gasteiger charge is 2.39. The van der Waals surface area contributed by atoms with E-state index < -0.39 is 12.7 Å². The highest BCUT2D eigenvalue weighted by Crippen LogP contribution is 2.35. The summed E-state index contributed by atoms with van der Waals surface area (Å²) in [5.74, 6) is 0.745. The van der Waals surface area contributed by atoms with Crippen molar-refractivity contribution in [2.24, 2.45) is 17.6 Å². The zero-order valence-electron chi connectivity index (χ0n) is 12.2. The van der Waals surface area contributed by atoms with Gasteiger partial charge in [0.05, 0.1) is 6.54 Å². The number of alkyl halides is 3. The van der Waals surface area contributed by atoms with Gasteiger partial charge in [-0.25, -0.2) is 0 Å². The van der Waals surface area contributed by atoms with Crippen LogP contribution in [0.4, 0.5) is 13.2 Å². The quantitative estimate of drug-likeness (QED) is 0.836. The van der Waals surface area contributed by atoms with Gasteiger partial charge in [0.25, 0.3) is 0 Å². The maximum absolute atomic E-state index is 12.8. The van der Waals surface area contributed by atoms with Crippen molar-refractivity contribution in [2.75, 3.05) is 13.1 Å². The van der Waals surface area contributed by atoms with Gasteiger partial charge in [-0.3, -0.25) is 4.90 Å². The highest BCUT2D eigenvalue weighted by molar-refractivity contribution is 4.89. The van der Waals surface area contributed by atoms with Gasteiger partial charge in [-0.2, -0.15) is 13.2 Å². The Kier molecular flexibility index (Phi) is 6.12. The van der Waals surface area contributed by atoms with Crippen molar-refractivity contribution in [3.05, 3.63) is 0 Å². The summed E-state index contributed by atoms with van der Waals surface area (Å²) >= 11 is 0. The predicted molar refractivity (Wildman–Crippen MR) is 71.9 cm³/mol. The van der Waals surface area contributed by atoms with Crippen LogP contribution >= 0.6 is 0 Å². The van der Waals surface area contributed by atoms with Gasteiger partial charge in [0.2, 0.25) is 0 Å². The molecule has 2 N–H and O–H groups in total. The summed E-state index contributed by atoms with van der Waals surface area (Å²) in [7, 11) is 0. The molecule has 114 valence electrons. The Morgan fingerprint density at radius 3 is 2.32 bits per heavy atom. The van der Waals surface area contributed by atoms with Crippen LogP contribution in [0.25, 0.3) is 0 Å². The molecule has 1 aliphatic carbocycles. The van der Waals surface area contributed by atoms with Crippen LogP contribution in [0.2, 0.25) is 0 Å². The minimum Gasteiger partial charge on any atom is -0.330 e. The lowest BCUT2D eigenvalue weighted by molar-refractivity contribution is -0.160. The van der Waals surface area contributed by atoms with E-state index in [2.05, 4.69) is 6.92 Å². The lowest BCUT2D eigenvalue weighted by atomic mass is 9.76. The molecule has 0 aromatic heterocycles. The van der Waals surface area contributed by atoms with Crippen molar-refractivity contribution in [2.45, 2.75) is 64.7 Å². The van der Waals surface area contributed by atoms with Gasteiger partial charge in [0, 0.05) is 12.1 Å². The van der Waals surface area contributed by atoms with Crippen LogP contribution in [0.15, 0.2) is 0 Å². The number of halogens is 3. The second-order valence-corrected chi connectivity index (χ2v) is 6.03. The van der Waals surface area contributed by atoms with Crippen LogP contribution < -0.4 is 5.73 Å². The molecule has 1 saturated carbocycles. The van der Waals surface area contributed by atoms with Crippen molar-refractivity contribution in [3.8, 4) is 0 Å². The molecular formula is C14H27F3N2. The third-order valence-corrected chi connectivity index (χ3v) is 4.40. The number of hydrogen-bond donors (Lipinski definition) is 1. The summed E-state index contributed by atoms with van der Waals surface area (Å²) in [5.41, 5.74) is 5.77. The van der Waals surface area contributed by atoms with Crippen LogP contribution in [0.3, 0.4) is 0 Å². The van der Waals surface area contributed by atoms with Crippen LogP contribution in [-0.4, -0.2) is 36.2 Å². The number of rotatable bonds is 5. The molecule has 0 radical (unpaired) electrons. The van der Waals surface area contributed by atoms with Gasteiger partial charge in [-0.05, 0) is 45.1 Å². The van der Waals surface area contributed by atoms with Crippen LogP contribution in [-0.2, 0) is 0 Å². The number of hydrogen-bond acceptors (Lipinski definition) is 2. The molecule has 1 aliphatic rings. The normalized spacial score (nSPS) is 29.2. The molecule has 0 amide bonds. The molecule has 1 rings (SSSR count). The Labute approximate surface area is 114 Å². The van der Waals surface area contributed by atoms with Crippen molar-refractivity contribution < 1.29 is 13.2 Å². The summed E-state index contributed by atoms with van der Waals surface area (Å²) in [5, 5.41) is 0. The molecule has 3 unspecified atom stereocenters. The van der Waals surface area contributed by atoms with Gasteiger partial charge >= 0.3 is 6.18 Å². The summed E-state index contributed by atoms with van der Waals surface area (Å²) in [4.78, 5) is 1.61. The summed E-state index contributed by atoms with van der Waals surface area (Å²) in [6.07, 6.45) is -0.172. The Hall–Kier alpha value is -0.290. The molecule has 0 saturated heterocycles. The van der Waals surface area contributed by atoms with Crippen molar-refractivity contribution in [1.29, 1.82) is 0 Å². The molecule has 0 aromatic rings. The molecule has 0 aliphatic heterocycles. The summed E-state index contributed by atoms with van der Waals surface area (Å²) in [6.45, 7) is 5.47. The first-order chi connectivity index (χ1) is 8.78. The smallest absolute Gasteiger partial charge is 0.330 e. The lowest BCUT2D eigenvalue weighted by Crippen LogP contribution is -2.52. The molecule has 5 heteroatoms. The molecule has 0 heterocycles. The molecule has 3 atom stereocenters. The zero-order chi connectivity index (χ0) is 14.6. The average Bonchev–Trinajstić information content (AvgIpc) is 2.33. The maximum Gasteiger partial charge on any atom is 0.401 e. The van der Waals surface area contributed by atoms with E-state index in [0.717, 1.165) is 25.7 Å². The Balaban J connectivity index is 2.83. The van der Waals surface area contributed by atoms with Gasteiger partial charge in [0.1, 0.15) is 0 Å². The topological polar surface area (TPSA) is 29.3 Å². The van der Waals surface area contributed by atoms with Crippen molar-refractivity contribution in [3.63, 3.8) is 0 Å². The van der Waals surface area contributed by atoms with E-state index in [1.165, 1.54) is 0 Å². The van der Waals surface area contributed by atoms with Gasteiger partial charge in [-0.1, -0.05) is 19.8 Å². The third kappa shape index (κ3) is 4.95. The Bertz CT molecular complexity index is 266. The van der Waals surface area contributed by atoms with E-state index in [-0.39, 0.29) is 18.0 Å². The first kappa shape index (κ1) is 16.8. The minimum absolute atomic E-state index is 0.0228. The lowest BCUT2D eigenvalue weighted by Gasteiger charge is -2.44. The molecule has 1 fully saturated rings. The van der Waals surface area contributed by atoms with E-state index in [1.807, 2.05) is 13.8 Å². The fourth-order valence-electron chi connectivity index (χ4n) is 3.24. The van der Waals surface area contributed by atoms with E-state index in [4.69, 9.17) is 5.73 Å². The molecule has 0 aromatic carbocycles. The van der Waals surface area contributed by atoms with E-state index in [0.29, 0.717) is 12.5 Å². The zero-order valence-corrected chi connectivity index (χ0v) is 12.2. The van der Waals surface area contributed by atoms with Gasteiger partial charge in [-0.15, -0.1) is 0 Å². The van der Waals surface area contributed by atoms with Gasteiger partial charge < -0.3 is 5.73 Å². The monoisotopic (exact) mass is 280 g/mol. The van der Waals surface area contributed by atoms with Crippen molar-refractivity contribution in [1.82, 2.24) is 4.90 Å². The molecule has 0 bridgehead atoms. The maximum atomic E-state index is 12.8. The third-order valence-electron chi connectivity index (χ3n) is 4.40. The Morgan fingerprint density at radius 1 is 1.26 bits per heavy atom. The first-order valence-corrected chi connectivity index (χ1v) is 7.31. The second-order valence-electron chi connectivity index (χ2n) is 6.03. The second kappa shape index (κ2) is 6.93. The minimum atomic E-state index is -4.14. The van der Waals surface area contributed by atoms with Crippen molar-refractivity contribution >= 4 is 0 Å². The van der Waals surface area contributed by atoms with Gasteiger partial charge in [0.15, 0.2) is 0 Å². The van der Waals surface area contributed by atoms with Crippen LogP contribution in [0.1, 0.15) is 46.5 Å². The van der Waals surface area contributed by atoms with E-state index in [9.17, 15) is 13.2 Å². The average molecular weight is 280 g/mol. The largest absolute Gasteiger partial charge is 0.401 e. The first-order valence-electron chi connectivity index (χ1n) is 7.31. The molecule has 2 nitrogen and oxygen atoms in total. The number of nitrogens with two attached hydrogens (primary N) is 1. The molecule has 19 heavy (non-hydrogen) atoms. The molecular weight excluding hydrogens is 253 g/mol. The summed E-state index contributed by atoms with van der Waals surface area (Å²) < 4.78 is 38.3. The highest BCUT2D eigenvalue weighted by atomic mass is 19.4. The van der Waals surface area contributed by atoms with E-state index in [1.54, 1.807) is 4.90 Å². The SMILES string of the molecule is CCC1CCC(CN)C(N(CC(F)(F)F)C(C)C)C1. The Morgan fingerprint density at radius 2 is 1.89 bits per heavy atom. The fraction of sp³-hybridized carbons (Fsp3) is 1.00. The van der Waals surface area contributed by atoms with E-state index >= 15 is 0 Å². The number of nitrogens with zero attached hydrogens (tertiary/aromatic N) is 1. The fourth-order valence-corrected chi connectivity index (χ4v) is 3.24. The summed E-state index contributed by atoms with van der Waals surface area (Å²) in [6, 6.07) is -0.124. The molecule has 0 spiro atoms. The standard InChI is InChI=1S/C14H27F3N2/c1-4-11-5-6-12(8-18)13(7-11)19(10(2)3)9-14(15,16)17/h10-13H,4-9,18H2,1-3H3. The van der Waals surface area contributed by atoms with Crippen LogP contribution in [0.5, 0.6) is 0 Å². The van der Waals surface area contributed by atoms with Crippen LogP contribution in [0, 0.1) is 11.8 Å².